The first kappa shape index (κ1) is 12.4. The first-order valence-electron chi connectivity index (χ1n) is 5.77. The van der Waals surface area contributed by atoms with E-state index in [4.69, 9.17) is 5.73 Å². The normalized spacial score (nSPS) is 21.1. The smallest absolute Gasteiger partial charge is 0.162 e. The van der Waals surface area contributed by atoms with Crippen molar-refractivity contribution < 1.29 is 13.2 Å². The molecule has 0 aromatic heterocycles. The lowest BCUT2D eigenvalue weighted by atomic mass is 9.87. The fraction of sp³-hybridized carbons (Fsp3) is 0.538. The van der Waals surface area contributed by atoms with Gasteiger partial charge in [0, 0.05) is 11.5 Å². The van der Waals surface area contributed by atoms with Crippen LogP contribution in [0.1, 0.15) is 44.0 Å². The van der Waals surface area contributed by atoms with Crippen molar-refractivity contribution >= 4 is 0 Å². The lowest BCUT2D eigenvalue weighted by Crippen LogP contribution is -2.32. The molecule has 0 saturated heterocycles. The molecule has 0 heterocycles. The van der Waals surface area contributed by atoms with Crippen LogP contribution in [-0.4, -0.2) is 6.04 Å². The molecule has 0 aliphatic heterocycles. The van der Waals surface area contributed by atoms with Crippen LogP contribution in [-0.2, 0) is 5.41 Å². The van der Waals surface area contributed by atoms with Crippen LogP contribution in [0.2, 0.25) is 0 Å². The zero-order valence-corrected chi connectivity index (χ0v) is 9.93. The minimum atomic E-state index is -1.31. The number of hydrogen-bond acceptors (Lipinski definition) is 1. The van der Waals surface area contributed by atoms with Gasteiger partial charge in [0.1, 0.15) is 6.17 Å². The van der Waals surface area contributed by atoms with Gasteiger partial charge in [-0.2, -0.15) is 0 Å². The summed E-state index contributed by atoms with van der Waals surface area (Å²) in [6.45, 7) is 3.08. The molecule has 1 aliphatic carbocycles. The fourth-order valence-electron chi connectivity index (χ4n) is 2.31. The molecular weight excluding hydrogens is 227 g/mol. The quantitative estimate of drug-likeness (QED) is 0.865. The average Bonchev–Trinajstić information content (AvgIpc) is 3.02. The van der Waals surface area contributed by atoms with Crippen LogP contribution in [0.4, 0.5) is 13.2 Å². The summed E-state index contributed by atoms with van der Waals surface area (Å²) < 4.78 is 40.4. The highest BCUT2D eigenvalue weighted by atomic mass is 19.2. The van der Waals surface area contributed by atoms with Crippen LogP contribution >= 0.6 is 0 Å². The molecule has 1 aromatic carbocycles. The van der Waals surface area contributed by atoms with Crippen LogP contribution in [0, 0.1) is 11.6 Å². The Bertz CT molecular complexity index is 437. The van der Waals surface area contributed by atoms with E-state index in [0.29, 0.717) is 0 Å². The number of halogens is 3. The van der Waals surface area contributed by atoms with Crippen LogP contribution in [0.15, 0.2) is 12.1 Å². The number of nitrogens with two attached hydrogens (primary N) is 1. The van der Waals surface area contributed by atoms with E-state index in [-0.39, 0.29) is 17.2 Å². The Hall–Kier alpha value is -1.03. The van der Waals surface area contributed by atoms with Crippen molar-refractivity contribution in [2.24, 2.45) is 5.73 Å². The monoisotopic (exact) mass is 243 g/mol. The second-order valence-electron chi connectivity index (χ2n) is 4.93. The standard InChI is InChI=1S/C13H16F3N/c1-7(14)9-5-10(12(16)11(15)6-9)13(3-4-13)8(2)17/h5-8H,3-4,17H2,1-2H3. The van der Waals surface area contributed by atoms with Crippen molar-refractivity contribution in [2.75, 3.05) is 0 Å². The highest BCUT2D eigenvalue weighted by molar-refractivity contribution is 5.39. The molecule has 94 valence electrons. The van der Waals surface area contributed by atoms with Crippen LogP contribution in [0.25, 0.3) is 0 Å². The molecule has 1 saturated carbocycles. The molecule has 2 atom stereocenters. The fourth-order valence-corrected chi connectivity index (χ4v) is 2.31. The van der Waals surface area contributed by atoms with E-state index < -0.39 is 23.2 Å². The third-order valence-corrected chi connectivity index (χ3v) is 3.71. The SMILES string of the molecule is CC(F)c1cc(F)c(F)c(C2(C(C)N)CC2)c1. The van der Waals surface area contributed by atoms with Gasteiger partial charge in [-0.25, -0.2) is 13.2 Å². The number of benzene rings is 1. The molecule has 0 radical (unpaired) electrons. The Labute approximate surface area is 98.8 Å². The number of alkyl halides is 1. The molecule has 2 unspecified atom stereocenters. The van der Waals surface area contributed by atoms with E-state index in [0.717, 1.165) is 18.9 Å². The zero-order chi connectivity index (χ0) is 12.8. The van der Waals surface area contributed by atoms with Crippen LogP contribution < -0.4 is 5.73 Å². The minimum absolute atomic E-state index is 0.172. The molecule has 0 bridgehead atoms. The van der Waals surface area contributed by atoms with E-state index in [1.807, 2.05) is 0 Å². The highest BCUT2D eigenvalue weighted by Crippen LogP contribution is 2.51. The third kappa shape index (κ3) is 1.95. The Kier molecular flexibility index (Phi) is 2.94. The summed E-state index contributed by atoms with van der Waals surface area (Å²) in [5, 5.41) is 0. The van der Waals surface area contributed by atoms with Crippen molar-refractivity contribution in [3.8, 4) is 0 Å². The molecule has 1 aromatic rings. The zero-order valence-electron chi connectivity index (χ0n) is 9.93. The summed E-state index contributed by atoms with van der Waals surface area (Å²) in [7, 11) is 0. The molecule has 1 fully saturated rings. The van der Waals surface area contributed by atoms with E-state index >= 15 is 0 Å². The van der Waals surface area contributed by atoms with Crippen LogP contribution in [0.5, 0.6) is 0 Å². The molecule has 1 aliphatic rings. The Balaban J connectivity index is 2.54. The Morgan fingerprint density at radius 2 is 1.82 bits per heavy atom. The molecule has 0 spiro atoms. The van der Waals surface area contributed by atoms with Crippen molar-refractivity contribution in [2.45, 2.75) is 44.3 Å². The van der Waals surface area contributed by atoms with Gasteiger partial charge in [-0.15, -0.1) is 0 Å². The summed E-state index contributed by atoms with van der Waals surface area (Å²) in [5.74, 6) is -1.88. The molecular formula is C13H16F3N. The molecule has 2 N–H and O–H groups in total. The van der Waals surface area contributed by atoms with Gasteiger partial charge in [0.05, 0.1) is 0 Å². The maximum Gasteiger partial charge on any atom is 0.162 e. The van der Waals surface area contributed by atoms with Crippen LogP contribution in [0.3, 0.4) is 0 Å². The molecule has 0 amide bonds. The predicted molar refractivity (Wildman–Crippen MR) is 60.4 cm³/mol. The van der Waals surface area contributed by atoms with Gasteiger partial charge in [-0.3, -0.25) is 0 Å². The van der Waals surface area contributed by atoms with E-state index in [2.05, 4.69) is 0 Å². The molecule has 17 heavy (non-hydrogen) atoms. The number of hydrogen-bond donors (Lipinski definition) is 1. The van der Waals surface area contributed by atoms with Gasteiger partial charge < -0.3 is 5.73 Å². The van der Waals surface area contributed by atoms with Gasteiger partial charge >= 0.3 is 0 Å². The van der Waals surface area contributed by atoms with E-state index in [9.17, 15) is 13.2 Å². The topological polar surface area (TPSA) is 26.0 Å². The lowest BCUT2D eigenvalue weighted by Gasteiger charge is -2.22. The van der Waals surface area contributed by atoms with Gasteiger partial charge in [-0.05, 0) is 49.9 Å². The largest absolute Gasteiger partial charge is 0.327 e. The summed E-state index contributed by atoms with van der Waals surface area (Å²) in [4.78, 5) is 0. The van der Waals surface area contributed by atoms with Crippen molar-refractivity contribution in [3.05, 3.63) is 34.9 Å². The predicted octanol–water partition coefficient (Wildman–Crippen LogP) is 3.37. The summed E-state index contributed by atoms with van der Waals surface area (Å²) in [6, 6.07) is 2.07. The van der Waals surface area contributed by atoms with E-state index in [1.165, 1.54) is 13.0 Å². The molecule has 4 heteroatoms. The van der Waals surface area contributed by atoms with Gasteiger partial charge in [0.15, 0.2) is 11.6 Å². The van der Waals surface area contributed by atoms with Gasteiger partial charge in [-0.1, -0.05) is 0 Å². The maximum atomic E-state index is 13.8. The van der Waals surface area contributed by atoms with E-state index in [1.54, 1.807) is 6.92 Å². The third-order valence-electron chi connectivity index (χ3n) is 3.71. The summed E-state index contributed by atoms with van der Waals surface area (Å²) in [5.41, 5.74) is 5.72. The minimum Gasteiger partial charge on any atom is -0.327 e. The maximum absolute atomic E-state index is 13.8. The van der Waals surface area contributed by atoms with Gasteiger partial charge in [0.2, 0.25) is 0 Å². The second-order valence-corrected chi connectivity index (χ2v) is 4.93. The first-order chi connectivity index (χ1) is 7.88. The Morgan fingerprint density at radius 1 is 1.24 bits per heavy atom. The van der Waals surface area contributed by atoms with Crippen molar-refractivity contribution in [1.29, 1.82) is 0 Å². The number of rotatable bonds is 3. The average molecular weight is 243 g/mol. The van der Waals surface area contributed by atoms with Crippen molar-refractivity contribution in [3.63, 3.8) is 0 Å². The first-order valence-corrected chi connectivity index (χ1v) is 5.77. The second kappa shape index (κ2) is 4.02. The van der Waals surface area contributed by atoms with Gasteiger partial charge in [0.25, 0.3) is 0 Å². The molecule has 1 nitrogen and oxygen atoms in total. The lowest BCUT2D eigenvalue weighted by molar-refractivity contribution is 0.369. The Morgan fingerprint density at radius 3 is 2.24 bits per heavy atom. The molecule has 2 rings (SSSR count). The highest BCUT2D eigenvalue weighted by Gasteiger charge is 2.49. The summed E-state index contributed by atoms with van der Waals surface area (Å²) in [6.07, 6.45) is 0.142. The van der Waals surface area contributed by atoms with Crippen molar-refractivity contribution in [1.82, 2.24) is 0 Å². The summed E-state index contributed by atoms with van der Waals surface area (Å²) >= 11 is 0.